The van der Waals surface area contributed by atoms with E-state index in [0.29, 0.717) is 10.8 Å². The molecule has 0 unspecified atom stereocenters. The fourth-order valence-corrected chi connectivity index (χ4v) is 1.73. The van der Waals surface area contributed by atoms with Crippen molar-refractivity contribution in [1.29, 1.82) is 0 Å². The van der Waals surface area contributed by atoms with Crippen LogP contribution >= 0.6 is 11.6 Å². The summed E-state index contributed by atoms with van der Waals surface area (Å²) in [5, 5.41) is 8.00. The number of hydrogen-bond acceptors (Lipinski definition) is 3. The lowest BCUT2D eigenvalue weighted by Gasteiger charge is -2.08. The minimum absolute atomic E-state index is 0.611. The van der Waals surface area contributed by atoms with Crippen molar-refractivity contribution in [1.82, 2.24) is 9.78 Å². The van der Waals surface area contributed by atoms with E-state index in [1.165, 1.54) is 0 Å². The average molecular weight is 252 g/mol. The van der Waals surface area contributed by atoms with Gasteiger partial charge in [-0.15, -0.1) is 0 Å². The van der Waals surface area contributed by atoms with Crippen LogP contribution in [0.5, 0.6) is 5.75 Å². The third-order valence-electron chi connectivity index (χ3n) is 2.41. The topological polar surface area (TPSA) is 39.1 Å². The first-order valence-electron chi connectivity index (χ1n) is 5.24. The standard InChI is InChI=1S/C12H14ClN3O/c1-16-8-9(7-15-16)6-14-10-3-4-11(13)12(5-10)17-2/h3-5,7-8,14H,6H2,1-2H3. The molecule has 2 aromatic rings. The van der Waals surface area contributed by atoms with Crippen molar-refractivity contribution < 1.29 is 4.74 Å². The van der Waals surface area contributed by atoms with Gasteiger partial charge in [-0.2, -0.15) is 5.10 Å². The first-order chi connectivity index (χ1) is 8.19. The van der Waals surface area contributed by atoms with Crippen molar-refractivity contribution in [2.75, 3.05) is 12.4 Å². The molecule has 0 spiro atoms. The lowest BCUT2D eigenvalue weighted by molar-refractivity contribution is 0.415. The van der Waals surface area contributed by atoms with E-state index in [9.17, 15) is 0 Å². The highest BCUT2D eigenvalue weighted by molar-refractivity contribution is 6.32. The van der Waals surface area contributed by atoms with Crippen LogP contribution in [-0.4, -0.2) is 16.9 Å². The Morgan fingerprint density at radius 3 is 2.94 bits per heavy atom. The summed E-state index contributed by atoms with van der Waals surface area (Å²) in [6, 6.07) is 5.60. The number of ether oxygens (including phenoxy) is 1. The van der Waals surface area contributed by atoms with Crippen LogP contribution in [0.2, 0.25) is 5.02 Å². The van der Waals surface area contributed by atoms with E-state index >= 15 is 0 Å². The van der Waals surface area contributed by atoms with Crippen LogP contribution in [0.4, 0.5) is 5.69 Å². The summed E-state index contributed by atoms with van der Waals surface area (Å²) in [6.45, 7) is 0.721. The number of anilines is 1. The van der Waals surface area contributed by atoms with Crippen molar-refractivity contribution in [3.63, 3.8) is 0 Å². The van der Waals surface area contributed by atoms with Crippen LogP contribution in [0.15, 0.2) is 30.6 Å². The average Bonchev–Trinajstić information content (AvgIpc) is 2.74. The number of halogens is 1. The summed E-state index contributed by atoms with van der Waals surface area (Å²) >= 11 is 5.95. The lowest BCUT2D eigenvalue weighted by atomic mass is 10.3. The molecule has 1 heterocycles. The maximum atomic E-state index is 5.95. The van der Waals surface area contributed by atoms with Gasteiger partial charge >= 0.3 is 0 Å². The number of aromatic nitrogens is 2. The van der Waals surface area contributed by atoms with E-state index in [-0.39, 0.29) is 0 Å². The Morgan fingerprint density at radius 1 is 1.47 bits per heavy atom. The molecule has 0 radical (unpaired) electrons. The van der Waals surface area contributed by atoms with Crippen molar-refractivity contribution in [2.45, 2.75) is 6.54 Å². The third-order valence-corrected chi connectivity index (χ3v) is 2.72. The van der Waals surface area contributed by atoms with Crippen molar-refractivity contribution >= 4 is 17.3 Å². The Morgan fingerprint density at radius 2 is 2.29 bits per heavy atom. The highest BCUT2D eigenvalue weighted by Crippen LogP contribution is 2.27. The molecule has 0 saturated carbocycles. The van der Waals surface area contributed by atoms with Gasteiger partial charge in [0.05, 0.1) is 18.3 Å². The summed E-state index contributed by atoms with van der Waals surface area (Å²) < 4.78 is 6.93. The first-order valence-corrected chi connectivity index (χ1v) is 5.62. The summed E-state index contributed by atoms with van der Waals surface area (Å²) in [7, 11) is 3.50. The van der Waals surface area contributed by atoms with Crippen LogP contribution < -0.4 is 10.1 Å². The Balaban J connectivity index is 2.04. The molecule has 0 aliphatic rings. The summed E-state index contributed by atoms with van der Waals surface area (Å²) in [4.78, 5) is 0. The molecule has 0 aliphatic carbocycles. The molecule has 0 amide bonds. The molecule has 0 fully saturated rings. The summed E-state index contributed by atoms with van der Waals surface area (Å²) in [6.07, 6.45) is 3.81. The van der Waals surface area contributed by atoms with Crippen LogP contribution in [0, 0.1) is 0 Å². The van der Waals surface area contributed by atoms with Crippen LogP contribution in [0.1, 0.15) is 5.56 Å². The Bertz CT molecular complexity index is 510. The van der Waals surface area contributed by atoms with E-state index in [1.807, 2.05) is 37.6 Å². The lowest BCUT2D eigenvalue weighted by Crippen LogP contribution is -1.98. The quantitative estimate of drug-likeness (QED) is 0.908. The zero-order valence-electron chi connectivity index (χ0n) is 9.77. The number of nitrogens with one attached hydrogen (secondary N) is 1. The van der Waals surface area contributed by atoms with Gasteiger partial charge < -0.3 is 10.1 Å². The van der Waals surface area contributed by atoms with Gasteiger partial charge in [0, 0.05) is 37.1 Å². The van der Waals surface area contributed by atoms with Gasteiger partial charge in [-0.1, -0.05) is 11.6 Å². The Hall–Kier alpha value is -1.68. The maximum absolute atomic E-state index is 5.95. The van der Waals surface area contributed by atoms with Crippen molar-refractivity contribution in [2.24, 2.45) is 7.05 Å². The van der Waals surface area contributed by atoms with Crippen LogP contribution in [0.3, 0.4) is 0 Å². The summed E-state index contributed by atoms with van der Waals surface area (Å²) in [5.74, 6) is 0.669. The van der Waals surface area contributed by atoms with Gasteiger partial charge in [0.1, 0.15) is 5.75 Å². The van der Waals surface area contributed by atoms with E-state index in [2.05, 4.69) is 10.4 Å². The molecule has 90 valence electrons. The zero-order valence-corrected chi connectivity index (χ0v) is 10.5. The van der Waals surface area contributed by atoms with Gasteiger partial charge in [-0.25, -0.2) is 0 Å². The number of benzene rings is 1. The van der Waals surface area contributed by atoms with Gasteiger partial charge in [-0.3, -0.25) is 4.68 Å². The zero-order chi connectivity index (χ0) is 12.3. The molecule has 0 atom stereocenters. The predicted molar refractivity (Wildman–Crippen MR) is 68.5 cm³/mol. The van der Waals surface area contributed by atoms with Gasteiger partial charge in [0.25, 0.3) is 0 Å². The minimum atomic E-state index is 0.611. The molecule has 0 bridgehead atoms. The molecule has 17 heavy (non-hydrogen) atoms. The van der Waals surface area contributed by atoms with Crippen LogP contribution in [-0.2, 0) is 13.6 Å². The molecule has 1 N–H and O–H groups in total. The van der Waals surface area contributed by atoms with E-state index in [0.717, 1.165) is 17.8 Å². The fourth-order valence-electron chi connectivity index (χ4n) is 1.54. The maximum Gasteiger partial charge on any atom is 0.139 e. The van der Waals surface area contributed by atoms with E-state index in [1.54, 1.807) is 11.8 Å². The van der Waals surface area contributed by atoms with E-state index < -0.39 is 0 Å². The summed E-state index contributed by atoms with van der Waals surface area (Å²) in [5.41, 5.74) is 2.09. The monoisotopic (exact) mass is 251 g/mol. The Labute approximate surface area is 105 Å². The normalized spacial score (nSPS) is 10.3. The predicted octanol–water partition coefficient (Wildman–Crippen LogP) is 2.69. The smallest absolute Gasteiger partial charge is 0.139 e. The number of aryl methyl sites for hydroxylation is 1. The van der Waals surface area contributed by atoms with Gasteiger partial charge in [0.15, 0.2) is 0 Å². The number of rotatable bonds is 4. The number of hydrogen-bond donors (Lipinski definition) is 1. The molecule has 0 aliphatic heterocycles. The third kappa shape index (κ3) is 2.91. The molecular formula is C12H14ClN3O. The molecule has 0 saturated heterocycles. The second-order valence-electron chi connectivity index (χ2n) is 3.73. The molecule has 1 aromatic carbocycles. The van der Waals surface area contributed by atoms with E-state index in [4.69, 9.17) is 16.3 Å². The number of methoxy groups -OCH3 is 1. The minimum Gasteiger partial charge on any atom is -0.495 e. The fraction of sp³-hybridized carbons (Fsp3) is 0.250. The molecule has 5 heteroatoms. The van der Waals surface area contributed by atoms with Crippen molar-refractivity contribution in [3.05, 3.63) is 41.2 Å². The highest BCUT2D eigenvalue weighted by atomic mass is 35.5. The second-order valence-corrected chi connectivity index (χ2v) is 4.13. The SMILES string of the molecule is COc1cc(NCc2cnn(C)c2)ccc1Cl. The van der Waals surface area contributed by atoms with Crippen molar-refractivity contribution in [3.8, 4) is 5.75 Å². The highest BCUT2D eigenvalue weighted by Gasteiger charge is 2.02. The van der Waals surface area contributed by atoms with Crippen LogP contribution in [0.25, 0.3) is 0 Å². The largest absolute Gasteiger partial charge is 0.495 e. The molecule has 1 aromatic heterocycles. The van der Waals surface area contributed by atoms with Gasteiger partial charge in [-0.05, 0) is 12.1 Å². The molecule has 2 rings (SSSR count). The number of nitrogens with zero attached hydrogens (tertiary/aromatic N) is 2. The first kappa shape index (κ1) is 11.8. The molecular weight excluding hydrogens is 238 g/mol. The second kappa shape index (κ2) is 5.10. The molecule has 4 nitrogen and oxygen atoms in total. The Kier molecular flexibility index (Phi) is 3.54. The van der Waals surface area contributed by atoms with Gasteiger partial charge in [0.2, 0.25) is 0 Å².